The second-order valence-corrected chi connectivity index (χ2v) is 6.20. The van der Waals surface area contributed by atoms with Crippen LogP contribution in [0.1, 0.15) is 37.1 Å². The summed E-state index contributed by atoms with van der Waals surface area (Å²) < 4.78 is 26.3. The van der Waals surface area contributed by atoms with Crippen LogP contribution in [0.2, 0.25) is 0 Å². The van der Waals surface area contributed by atoms with Gasteiger partial charge in [-0.15, -0.1) is 0 Å². The highest BCUT2D eigenvalue weighted by molar-refractivity contribution is 5.85. The summed E-state index contributed by atoms with van der Waals surface area (Å²) >= 11 is 0. The van der Waals surface area contributed by atoms with E-state index >= 15 is 0 Å². The predicted octanol–water partition coefficient (Wildman–Crippen LogP) is 4.19. The molecule has 4 heteroatoms. The first-order valence-corrected chi connectivity index (χ1v) is 7.78. The Morgan fingerprint density at radius 2 is 1.09 bits per heavy atom. The number of piperidine rings is 1. The van der Waals surface area contributed by atoms with Gasteiger partial charge in [0.15, 0.2) is 0 Å². The molecular weight excluding hydrogens is 296 g/mol. The van der Waals surface area contributed by atoms with Crippen molar-refractivity contribution in [2.75, 3.05) is 0 Å². The molecule has 1 aliphatic heterocycles. The second-order valence-electron chi connectivity index (χ2n) is 6.20. The van der Waals surface area contributed by atoms with Crippen LogP contribution in [-0.4, -0.2) is 5.78 Å². The zero-order chi connectivity index (χ0) is 16.6. The maximum atomic E-state index is 13.1. The van der Waals surface area contributed by atoms with Crippen LogP contribution < -0.4 is 5.32 Å². The summed E-state index contributed by atoms with van der Waals surface area (Å²) in [7, 11) is 0. The summed E-state index contributed by atoms with van der Waals surface area (Å²) in [6.07, 6.45) is 0. The van der Waals surface area contributed by atoms with Gasteiger partial charge < -0.3 is 5.32 Å². The lowest BCUT2D eigenvalue weighted by atomic mass is 9.76. The number of halogens is 2. The molecule has 0 saturated carbocycles. The van der Waals surface area contributed by atoms with Gasteiger partial charge in [0.2, 0.25) is 0 Å². The Morgan fingerprint density at radius 3 is 1.43 bits per heavy atom. The Labute approximate surface area is 134 Å². The maximum Gasteiger partial charge on any atom is 0.142 e. The highest BCUT2D eigenvalue weighted by atomic mass is 19.1. The van der Waals surface area contributed by atoms with E-state index in [1.807, 2.05) is 13.8 Å². The monoisotopic (exact) mass is 315 g/mol. The average Bonchev–Trinajstić information content (AvgIpc) is 2.55. The molecule has 1 fully saturated rings. The number of nitrogens with one attached hydrogen (secondary N) is 1. The van der Waals surface area contributed by atoms with Crippen LogP contribution in [0.3, 0.4) is 0 Å². The van der Waals surface area contributed by atoms with Gasteiger partial charge in [-0.05, 0) is 35.4 Å². The molecule has 0 unspecified atom stereocenters. The van der Waals surface area contributed by atoms with E-state index in [1.165, 1.54) is 24.3 Å². The van der Waals surface area contributed by atoms with Crippen molar-refractivity contribution in [3.8, 4) is 0 Å². The summed E-state index contributed by atoms with van der Waals surface area (Å²) in [4.78, 5) is 12.6. The fraction of sp³-hybridized carbons (Fsp3) is 0.316. The summed E-state index contributed by atoms with van der Waals surface area (Å²) in [5.74, 6) is -0.842. The lowest BCUT2D eigenvalue weighted by molar-refractivity contribution is -0.130. The Kier molecular flexibility index (Phi) is 4.26. The molecule has 1 saturated heterocycles. The molecule has 0 aliphatic carbocycles. The second kappa shape index (κ2) is 6.20. The van der Waals surface area contributed by atoms with Crippen molar-refractivity contribution in [1.82, 2.24) is 5.32 Å². The maximum absolute atomic E-state index is 13.1. The molecule has 2 nitrogen and oxygen atoms in total. The lowest BCUT2D eigenvalue weighted by Crippen LogP contribution is -2.46. The fourth-order valence-electron chi connectivity index (χ4n) is 3.34. The van der Waals surface area contributed by atoms with Crippen LogP contribution >= 0.6 is 0 Å². The smallest absolute Gasteiger partial charge is 0.142 e. The third-order valence-electron chi connectivity index (χ3n) is 4.71. The molecule has 4 atom stereocenters. The number of Topliss-reactive ketones (excluding diaryl/α,β-unsaturated/α-hetero) is 1. The Balaban J connectivity index is 1.94. The van der Waals surface area contributed by atoms with Crippen molar-refractivity contribution in [2.45, 2.75) is 25.9 Å². The standard InChI is InChI=1S/C19H19F2NO/c1-11-17(13-3-7-15(20)8-4-13)22-18(12(2)19(11)23)14-5-9-16(21)10-6-14/h3-12,17-18,22H,1-2H3/t11-,12-,17-,18+/m1/s1. The van der Waals surface area contributed by atoms with Crippen LogP contribution in [0, 0.1) is 23.5 Å². The van der Waals surface area contributed by atoms with Crippen molar-refractivity contribution in [2.24, 2.45) is 11.8 Å². The van der Waals surface area contributed by atoms with Crippen molar-refractivity contribution in [3.63, 3.8) is 0 Å². The Bertz CT molecular complexity index is 637. The van der Waals surface area contributed by atoms with Crippen LogP contribution in [0.15, 0.2) is 48.5 Å². The Morgan fingerprint density at radius 1 is 0.739 bits per heavy atom. The van der Waals surface area contributed by atoms with Gasteiger partial charge >= 0.3 is 0 Å². The van der Waals surface area contributed by atoms with Gasteiger partial charge in [0.1, 0.15) is 17.4 Å². The predicted molar refractivity (Wildman–Crippen MR) is 84.8 cm³/mol. The van der Waals surface area contributed by atoms with Crippen LogP contribution in [0.25, 0.3) is 0 Å². The molecule has 2 aromatic carbocycles. The van der Waals surface area contributed by atoms with Crippen molar-refractivity contribution in [1.29, 1.82) is 0 Å². The number of rotatable bonds is 2. The lowest BCUT2D eigenvalue weighted by Gasteiger charge is -2.39. The zero-order valence-electron chi connectivity index (χ0n) is 13.1. The molecule has 0 bridgehead atoms. The first kappa shape index (κ1) is 15.8. The molecule has 0 radical (unpaired) electrons. The van der Waals surface area contributed by atoms with E-state index in [9.17, 15) is 13.6 Å². The fourth-order valence-corrected chi connectivity index (χ4v) is 3.34. The summed E-state index contributed by atoms with van der Waals surface area (Å²) in [5, 5.41) is 3.49. The highest BCUT2D eigenvalue weighted by Crippen LogP contribution is 2.38. The van der Waals surface area contributed by atoms with Crippen molar-refractivity contribution in [3.05, 3.63) is 71.3 Å². The van der Waals surface area contributed by atoms with Crippen LogP contribution in [-0.2, 0) is 4.79 Å². The molecule has 0 spiro atoms. The molecule has 0 amide bonds. The van der Waals surface area contributed by atoms with E-state index in [0.29, 0.717) is 0 Å². The van der Waals surface area contributed by atoms with Gasteiger partial charge in [-0.25, -0.2) is 8.78 Å². The number of ketones is 1. The van der Waals surface area contributed by atoms with Gasteiger partial charge in [0.05, 0.1) is 0 Å². The summed E-state index contributed by atoms with van der Waals surface area (Å²) in [6.45, 7) is 3.78. The first-order chi connectivity index (χ1) is 11.0. The SMILES string of the molecule is C[C@H]1C(=O)[C@H](C)[C@H](c2ccc(F)cc2)N[C@@H]1c1ccc(F)cc1. The molecular formula is C19H19F2NO. The van der Waals surface area contributed by atoms with E-state index in [-0.39, 0.29) is 41.3 Å². The van der Waals surface area contributed by atoms with Crippen LogP contribution in [0.4, 0.5) is 8.78 Å². The molecule has 1 heterocycles. The summed E-state index contributed by atoms with van der Waals surface area (Å²) in [5.41, 5.74) is 1.76. The number of hydrogen-bond acceptors (Lipinski definition) is 2. The number of carbonyl (C=O) groups is 1. The molecule has 1 N–H and O–H groups in total. The largest absolute Gasteiger partial charge is 0.302 e. The Hall–Kier alpha value is -2.07. The number of carbonyl (C=O) groups excluding carboxylic acids is 1. The van der Waals surface area contributed by atoms with E-state index in [2.05, 4.69) is 5.32 Å². The third-order valence-corrected chi connectivity index (χ3v) is 4.71. The number of benzene rings is 2. The van der Waals surface area contributed by atoms with Gasteiger partial charge in [-0.2, -0.15) is 0 Å². The third kappa shape index (κ3) is 3.04. The van der Waals surface area contributed by atoms with Gasteiger partial charge in [-0.3, -0.25) is 4.79 Å². The topological polar surface area (TPSA) is 29.1 Å². The van der Waals surface area contributed by atoms with E-state index < -0.39 is 0 Å². The van der Waals surface area contributed by atoms with Crippen molar-refractivity contribution < 1.29 is 13.6 Å². The minimum absolute atomic E-state index is 0.160. The normalized spacial score (nSPS) is 27.9. The first-order valence-electron chi connectivity index (χ1n) is 7.78. The molecule has 3 rings (SSSR count). The highest BCUT2D eigenvalue weighted by Gasteiger charge is 2.40. The summed E-state index contributed by atoms with van der Waals surface area (Å²) in [6, 6.07) is 12.0. The van der Waals surface area contributed by atoms with Gasteiger partial charge in [0.25, 0.3) is 0 Å². The molecule has 2 aromatic rings. The van der Waals surface area contributed by atoms with E-state index in [4.69, 9.17) is 0 Å². The van der Waals surface area contributed by atoms with Gasteiger partial charge in [0, 0.05) is 23.9 Å². The van der Waals surface area contributed by atoms with Crippen molar-refractivity contribution >= 4 is 5.78 Å². The molecule has 23 heavy (non-hydrogen) atoms. The zero-order valence-corrected chi connectivity index (χ0v) is 13.1. The van der Waals surface area contributed by atoms with E-state index in [1.54, 1.807) is 24.3 Å². The molecule has 0 aromatic heterocycles. The number of hydrogen-bond donors (Lipinski definition) is 1. The van der Waals surface area contributed by atoms with Gasteiger partial charge in [-0.1, -0.05) is 38.1 Å². The van der Waals surface area contributed by atoms with Crippen LogP contribution in [0.5, 0.6) is 0 Å². The average molecular weight is 315 g/mol. The molecule has 120 valence electrons. The molecule has 1 aliphatic rings. The van der Waals surface area contributed by atoms with E-state index in [0.717, 1.165) is 11.1 Å². The quantitative estimate of drug-likeness (QED) is 0.900. The minimum Gasteiger partial charge on any atom is -0.302 e. The minimum atomic E-state index is -0.299.